The number of carbonyl (C=O) groups is 1. The summed E-state index contributed by atoms with van der Waals surface area (Å²) in [5, 5.41) is 12.0. The number of nitrogens with zero attached hydrogens (tertiary/aromatic N) is 6. The zero-order valence-electron chi connectivity index (χ0n) is 18.7. The van der Waals surface area contributed by atoms with Crippen LogP contribution in [-0.4, -0.2) is 48.8 Å². The Morgan fingerprint density at radius 2 is 1.92 bits per heavy atom. The van der Waals surface area contributed by atoms with Crippen molar-refractivity contribution in [3.05, 3.63) is 71.6 Å². The molecular weight excluding hydrogens is 484 g/mol. The first-order valence-corrected chi connectivity index (χ1v) is 10.9. The number of hydrogen-bond donors (Lipinski definition) is 0. The maximum Gasteiger partial charge on any atom is 0.573 e. The van der Waals surface area contributed by atoms with Crippen LogP contribution in [0.2, 0.25) is 0 Å². The van der Waals surface area contributed by atoms with Crippen LogP contribution in [0.25, 0.3) is 17.1 Å². The number of para-hydroxylation sites is 1. The summed E-state index contributed by atoms with van der Waals surface area (Å²) in [6.07, 6.45) is -0.948. The molecule has 2 aromatic carbocycles. The summed E-state index contributed by atoms with van der Waals surface area (Å²) < 4.78 is 62.2. The zero-order chi connectivity index (χ0) is 25.4. The van der Waals surface area contributed by atoms with Crippen LogP contribution in [-0.2, 0) is 0 Å². The summed E-state index contributed by atoms with van der Waals surface area (Å²) in [6, 6.07) is 7.15. The molecule has 0 N–H and O–H groups in total. The van der Waals surface area contributed by atoms with Gasteiger partial charge in [-0.05, 0) is 49.6 Å². The predicted octanol–water partition coefficient (Wildman–Crippen LogP) is 4.64. The highest BCUT2D eigenvalue weighted by Gasteiger charge is 2.37. The van der Waals surface area contributed by atoms with Crippen LogP contribution in [0.5, 0.6) is 5.75 Å². The fourth-order valence-corrected chi connectivity index (χ4v) is 4.26. The minimum absolute atomic E-state index is 0.0199. The smallest absolute Gasteiger partial charge is 0.405 e. The second-order valence-corrected chi connectivity index (χ2v) is 8.09. The van der Waals surface area contributed by atoms with Gasteiger partial charge in [0.1, 0.15) is 23.3 Å². The number of likely N-dealkylation sites (tertiary alicyclic amines) is 1. The molecule has 0 radical (unpaired) electrons. The van der Waals surface area contributed by atoms with E-state index in [1.54, 1.807) is 6.92 Å². The van der Waals surface area contributed by atoms with E-state index >= 15 is 0 Å². The van der Waals surface area contributed by atoms with Gasteiger partial charge in [0.25, 0.3) is 5.91 Å². The quantitative estimate of drug-likeness (QED) is 0.367. The molecule has 1 saturated heterocycles. The van der Waals surface area contributed by atoms with Gasteiger partial charge in [-0.1, -0.05) is 17.3 Å². The Hall–Kier alpha value is -4.29. The molecule has 36 heavy (non-hydrogen) atoms. The molecule has 1 aliphatic rings. The molecule has 0 spiro atoms. The van der Waals surface area contributed by atoms with Crippen LogP contribution in [0.3, 0.4) is 0 Å². The molecule has 0 saturated carbocycles. The summed E-state index contributed by atoms with van der Waals surface area (Å²) in [5.41, 5.74) is 0.834. The molecule has 5 rings (SSSR count). The van der Waals surface area contributed by atoms with Gasteiger partial charge >= 0.3 is 6.36 Å². The Labute approximate surface area is 201 Å². The van der Waals surface area contributed by atoms with E-state index in [9.17, 15) is 22.4 Å². The number of hydrogen-bond acceptors (Lipinski definition) is 7. The number of amides is 1. The summed E-state index contributed by atoms with van der Waals surface area (Å²) >= 11 is 0. The maximum absolute atomic E-state index is 14.3. The number of aromatic nitrogens is 5. The maximum atomic E-state index is 14.3. The molecule has 1 atom stereocenters. The summed E-state index contributed by atoms with van der Waals surface area (Å²) in [6.45, 7) is 1.97. The zero-order valence-corrected chi connectivity index (χ0v) is 18.7. The molecule has 1 amide bonds. The number of benzene rings is 2. The summed E-state index contributed by atoms with van der Waals surface area (Å²) in [5.74, 6) is -1.64. The Bertz CT molecular complexity index is 1400. The summed E-state index contributed by atoms with van der Waals surface area (Å²) in [7, 11) is 0. The van der Waals surface area contributed by atoms with Crippen molar-refractivity contribution in [2.45, 2.75) is 32.2 Å². The molecule has 2 aromatic heterocycles. The third-order valence-electron chi connectivity index (χ3n) is 5.71. The second kappa shape index (κ2) is 9.06. The molecule has 9 nitrogen and oxygen atoms in total. The van der Waals surface area contributed by atoms with Gasteiger partial charge in [0, 0.05) is 6.54 Å². The fraction of sp³-hybridized carbons (Fsp3) is 0.261. The number of rotatable bonds is 5. The van der Waals surface area contributed by atoms with Crippen molar-refractivity contribution < 1.29 is 31.6 Å². The van der Waals surface area contributed by atoms with Crippen LogP contribution >= 0.6 is 0 Å². The van der Waals surface area contributed by atoms with Gasteiger partial charge in [-0.2, -0.15) is 20.0 Å². The first-order chi connectivity index (χ1) is 17.2. The lowest BCUT2D eigenvalue weighted by Crippen LogP contribution is -2.32. The third-order valence-corrected chi connectivity index (χ3v) is 5.71. The van der Waals surface area contributed by atoms with Gasteiger partial charge in [-0.3, -0.25) is 4.79 Å². The van der Waals surface area contributed by atoms with E-state index in [1.807, 2.05) is 0 Å². The normalized spacial score (nSPS) is 15.9. The van der Waals surface area contributed by atoms with E-state index in [2.05, 4.69) is 25.1 Å². The molecule has 1 fully saturated rings. The lowest BCUT2D eigenvalue weighted by atomic mass is 10.1. The lowest BCUT2D eigenvalue weighted by Gasteiger charge is -2.23. The molecule has 13 heteroatoms. The largest absolute Gasteiger partial charge is 0.573 e. The highest BCUT2D eigenvalue weighted by Crippen LogP contribution is 2.37. The average molecular weight is 502 g/mol. The van der Waals surface area contributed by atoms with Crippen molar-refractivity contribution in [2.75, 3.05) is 6.54 Å². The van der Waals surface area contributed by atoms with Gasteiger partial charge in [0.2, 0.25) is 11.7 Å². The van der Waals surface area contributed by atoms with E-state index in [4.69, 9.17) is 4.52 Å². The Morgan fingerprint density at radius 1 is 1.17 bits per heavy atom. The van der Waals surface area contributed by atoms with Crippen molar-refractivity contribution in [1.29, 1.82) is 0 Å². The number of carbonyl (C=O) groups excluding carboxylic acids is 1. The van der Waals surface area contributed by atoms with E-state index < -0.39 is 29.9 Å². The molecule has 3 heterocycles. The first-order valence-electron chi connectivity index (χ1n) is 10.9. The van der Waals surface area contributed by atoms with E-state index in [0.29, 0.717) is 30.6 Å². The van der Waals surface area contributed by atoms with Crippen molar-refractivity contribution in [2.24, 2.45) is 0 Å². The van der Waals surface area contributed by atoms with Crippen LogP contribution < -0.4 is 4.74 Å². The van der Waals surface area contributed by atoms with E-state index in [0.717, 1.165) is 12.1 Å². The standard InChI is InChI=1S/C23H18F4N6O3/c1-13-11-14(24)12-16(19(13)33-28-8-9-29-33)22(34)32-10-4-6-17(32)21-30-20(31-36-21)15-5-2-3-7-18(15)35-23(25,26)27/h2-3,5,7-9,11-12,17H,4,6,10H2,1H3. The van der Waals surface area contributed by atoms with Crippen LogP contribution in [0.4, 0.5) is 17.6 Å². The Morgan fingerprint density at radius 3 is 2.67 bits per heavy atom. The fourth-order valence-electron chi connectivity index (χ4n) is 4.26. The van der Waals surface area contributed by atoms with Crippen molar-refractivity contribution in [3.8, 4) is 22.8 Å². The predicted molar refractivity (Wildman–Crippen MR) is 115 cm³/mol. The molecule has 0 aliphatic carbocycles. The van der Waals surface area contributed by atoms with Gasteiger partial charge < -0.3 is 14.2 Å². The molecule has 0 bridgehead atoms. The molecular formula is C23H18F4N6O3. The van der Waals surface area contributed by atoms with Crippen LogP contribution in [0, 0.1) is 12.7 Å². The number of halogens is 4. The molecule has 1 aliphatic heterocycles. The minimum Gasteiger partial charge on any atom is -0.405 e. The van der Waals surface area contributed by atoms with Crippen LogP contribution in [0.1, 0.15) is 40.7 Å². The topological polar surface area (TPSA) is 99.2 Å². The monoisotopic (exact) mass is 502 g/mol. The van der Waals surface area contributed by atoms with Crippen molar-refractivity contribution in [1.82, 2.24) is 30.0 Å². The third kappa shape index (κ3) is 4.51. The first kappa shape index (κ1) is 23.5. The molecule has 186 valence electrons. The van der Waals surface area contributed by atoms with E-state index in [-0.39, 0.29) is 22.8 Å². The minimum atomic E-state index is -4.90. The second-order valence-electron chi connectivity index (χ2n) is 8.09. The van der Waals surface area contributed by atoms with Crippen molar-refractivity contribution in [3.63, 3.8) is 0 Å². The number of alkyl halides is 3. The lowest BCUT2D eigenvalue weighted by molar-refractivity contribution is -0.274. The number of ether oxygens (including phenoxy) is 1. The average Bonchev–Trinajstić information content (AvgIpc) is 3.58. The van der Waals surface area contributed by atoms with Gasteiger partial charge in [-0.15, -0.1) is 13.2 Å². The van der Waals surface area contributed by atoms with Gasteiger partial charge in [0.05, 0.1) is 23.5 Å². The number of aryl methyl sites for hydroxylation is 1. The van der Waals surface area contributed by atoms with E-state index in [1.165, 1.54) is 46.4 Å². The molecule has 4 aromatic rings. The van der Waals surface area contributed by atoms with Crippen molar-refractivity contribution >= 4 is 5.91 Å². The van der Waals surface area contributed by atoms with Crippen LogP contribution in [0.15, 0.2) is 53.3 Å². The highest BCUT2D eigenvalue weighted by molar-refractivity contribution is 5.98. The Kier molecular flexibility index (Phi) is 5.90. The van der Waals surface area contributed by atoms with Gasteiger partial charge in [0.15, 0.2) is 0 Å². The molecule has 1 unspecified atom stereocenters. The summed E-state index contributed by atoms with van der Waals surface area (Å²) in [4.78, 5) is 20.6. The SMILES string of the molecule is Cc1cc(F)cc(C(=O)N2CCCC2c2nc(-c3ccccc3OC(F)(F)F)no2)c1-n1nccn1. The Balaban J connectivity index is 1.47. The van der Waals surface area contributed by atoms with Gasteiger partial charge in [-0.25, -0.2) is 4.39 Å². The highest BCUT2D eigenvalue weighted by atomic mass is 19.4.